The molecule has 2 nitrogen and oxygen atoms in total. The largest absolute Gasteiger partial charge is 0.379 e. The molecule has 2 aliphatic rings. The summed E-state index contributed by atoms with van der Waals surface area (Å²) in [5.41, 5.74) is 4.82. The molecular formula is C20H27NO. The third-order valence-corrected chi connectivity index (χ3v) is 4.96. The number of ketones is 1. The molecule has 0 saturated heterocycles. The Labute approximate surface area is 134 Å². The van der Waals surface area contributed by atoms with Gasteiger partial charge in [-0.1, -0.05) is 37.0 Å². The second-order valence-corrected chi connectivity index (χ2v) is 7.64. The molecule has 3 rings (SSSR count). The van der Waals surface area contributed by atoms with Crippen LogP contribution >= 0.6 is 0 Å². The van der Waals surface area contributed by atoms with Crippen LogP contribution in [0.4, 0.5) is 0 Å². The fourth-order valence-corrected chi connectivity index (χ4v) is 3.81. The van der Waals surface area contributed by atoms with Crippen LogP contribution < -0.4 is 5.32 Å². The molecule has 1 aliphatic heterocycles. The van der Waals surface area contributed by atoms with Gasteiger partial charge in [0.25, 0.3) is 0 Å². The first-order valence-electron chi connectivity index (χ1n) is 8.58. The molecule has 0 bridgehead atoms. The smallest absolute Gasteiger partial charge is 0.160 e. The zero-order chi connectivity index (χ0) is 15.7. The molecular weight excluding hydrogens is 270 g/mol. The van der Waals surface area contributed by atoms with Crippen molar-refractivity contribution in [1.82, 2.24) is 5.32 Å². The number of rotatable bonds is 2. The van der Waals surface area contributed by atoms with Crippen molar-refractivity contribution in [2.24, 2.45) is 5.92 Å². The van der Waals surface area contributed by atoms with Crippen LogP contribution in [0.1, 0.15) is 62.6 Å². The lowest BCUT2D eigenvalue weighted by molar-refractivity contribution is -0.119. The van der Waals surface area contributed by atoms with Gasteiger partial charge in [-0.25, -0.2) is 0 Å². The van der Waals surface area contributed by atoms with Gasteiger partial charge >= 0.3 is 0 Å². The number of benzene rings is 1. The van der Waals surface area contributed by atoms with Crippen LogP contribution in [0.3, 0.4) is 0 Å². The molecule has 0 atom stereocenters. The van der Waals surface area contributed by atoms with Gasteiger partial charge in [0.2, 0.25) is 0 Å². The lowest BCUT2D eigenvalue weighted by Gasteiger charge is -2.36. The quantitative estimate of drug-likeness (QED) is 0.819. The van der Waals surface area contributed by atoms with Gasteiger partial charge in [0.15, 0.2) is 5.78 Å². The second-order valence-electron chi connectivity index (χ2n) is 7.64. The van der Waals surface area contributed by atoms with Crippen molar-refractivity contribution in [3.05, 3.63) is 41.0 Å². The van der Waals surface area contributed by atoms with E-state index in [1.54, 1.807) is 0 Å². The van der Waals surface area contributed by atoms with Crippen LogP contribution in [0.25, 0.3) is 5.70 Å². The van der Waals surface area contributed by atoms with Crippen molar-refractivity contribution in [3.8, 4) is 0 Å². The number of carbonyl (C=O) groups is 1. The average molecular weight is 297 g/mol. The molecule has 118 valence electrons. The van der Waals surface area contributed by atoms with Crippen molar-refractivity contribution in [1.29, 1.82) is 0 Å². The minimum absolute atomic E-state index is 0.000929. The SMILES string of the molecule is Cc1ccc2c(c1)/C(=C\C(=O)C1CCCCC1)NC(C)(C)C2. The van der Waals surface area contributed by atoms with Gasteiger partial charge < -0.3 is 5.32 Å². The van der Waals surface area contributed by atoms with Crippen LogP contribution in [-0.2, 0) is 11.2 Å². The number of fused-ring (bicyclic) bond motifs is 1. The van der Waals surface area contributed by atoms with E-state index in [4.69, 9.17) is 0 Å². The van der Waals surface area contributed by atoms with Gasteiger partial charge in [-0.3, -0.25) is 4.79 Å². The van der Waals surface area contributed by atoms with E-state index in [9.17, 15) is 4.79 Å². The number of hydrogen-bond donors (Lipinski definition) is 1. The molecule has 0 amide bonds. The standard InChI is InChI=1S/C20H27NO/c1-14-9-10-16-13-20(2,3)21-18(17(16)11-14)12-19(22)15-7-5-4-6-8-15/h9-12,15,21H,4-8,13H2,1-3H3/b18-12+. The third-order valence-electron chi connectivity index (χ3n) is 4.96. The summed E-state index contributed by atoms with van der Waals surface area (Å²) >= 11 is 0. The molecule has 1 saturated carbocycles. The Morgan fingerprint density at radius 1 is 1.23 bits per heavy atom. The number of allylic oxidation sites excluding steroid dienone is 1. The zero-order valence-corrected chi connectivity index (χ0v) is 14.0. The van der Waals surface area contributed by atoms with E-state index in [0.29, 0.717) is 5.78 Å². The third kappa shape index (κ3) is 3.26. The molecule has 1 N–H and O–H groups in total. The summed E-state index contributed by atoms with van der Waals surface area (Å²) in [4.78, 5) is 12.7. The highest BCUT2D eigenvalue weighted by Crippen LogP contribution is 2.32. The summed E-state index contributed by atoms with van der Waals surface area (Å²) in [5, 5.41) is 3.59. The van der Waals surface area contributed by atoms with Crippen LogP contribution in [0, 0.1) is 12.8 Å². The predicted molar refractivity (Wildman–Crippen MR) is 91.7 cm³/mol. The summed E-state index contributed by atoms with van der Waals surface area (Å²) in [5.74, 6) is 0.550. The highest BCUT2D eigenvalue weighted by atomic mass is 16.1. The lowest BCUT2D eigenvalue weighted by atomic mass is 9.83. The Morgan fingerprint density at radius 2 is 1.95 bits per heavy atom. The Bertz CT molecular complexity index is 606. The van der Waals surface area contributed by atoms with Gasteiger partial charge in [0.05, 0.1) is 0 Å². The fraction of sp³-hybridized carbons (Fsp3) is 0.550. The Kier molecular flexibility index (Phi) is 4.12. The van der Waals surface area contributed by atoms with E-state index in [-0.39, 0.29) is 11.5 Å². The molecule has 0 unspecified atom stereocenters. The maximum Gasteiger partial charge on any atom is 0.160 e. The summed E-state index contributed by atoms with van der Waals surface area (Å²) < 4.78 is 0. The number of carbonyl (C=O) groups excluding carboxylic acids is 1. The lowest BCUT2D eigenvalue weighted by Crippen LogP contribution is -2.44. The normalized spacial score (nSPS) is 23.0. The van der Waals surface area contributed by atoms with Gasteiger partial charge in [0.1, 0.15) is 0 Å². The predicted octanol–water partition coefficient (Wildman–Crippen LogP) is 4.41. The second kappa shape index (κ2) is 5.91. The molecule has 2 heteroatoms. The van der Waals surface area contributed by atoms with Gasteiger partial charge in [0, 0.05) is 28.8 Å². The maximum absolute atomic E-state index is 12.7. The fourth-order valence-electron chi connectivity index (χ4n) is 3.81. The van der Waals surface area contributed by atoms with Gasteiger partial charge in [-0.2, -0.15) is 0 Å². The van der Waals surface area contributed by atoms with Crippen LogP contribution in [0.15, 0.2) is 24.3 Å². The Morgan fingerprint density at radius 3 is 2.68 bits per heavy atom. The minimum atomic E-state index is 0.000929. The van der Waals surface area contributed by atoms with E-state index >= 15 is 0 Å². The first-order valence-corrected chi connectivity index (χ1v) is 8.58. The van der Waals surface area contributed by atoms with Gasteiger partial charge in [-0.05, 0) is 51.7 Å². The van der Waals surface area contributed by atoms with Gasteiger partial charge in [-0.15, -0.1) is 0 Å². The summed E-state index contributed by atoms with van der Waals surface area (Å²) in [6.07, 6.45) is 8.70. The molecule has 0 radical (unpaired) electrons. The van der Waals surface area contributed by atoms with Crippen LogP contribution in [0.5, 0.6) is 0 Å². The Balaban J connectivity index is 1.93. The average Bonchev–Trinajstić information content (AvgIpc) is 2.48. The van der Waals surface area contributed by atoms with Crippen LogP contribution in [-0.4, -0.2) is 11.3 Å². The summed E-state index contributed by atoms with van der Waals surface area (Å²) in [6, 6.07) is 6.59. The molecule has 1 aromatic rings. The minimum Gasteiger partial charge on any atom is -0.379 e. The number of hydrogen-bond acceptors (Lipinski definition) is 2. The summed E-state index contributed by atoms with van der Waals surface area (Å²) in [6.45, 7) is 6.52. The topological polar surface area (TPSA) is 29.1 Å². The van der Waals surface area contributed by atoms with Crippen molar-refractivity contribution >= 4 is 11.5 Å². The highest BCUT2D eigenvalue weighted by molar-refractivity contribution is 5.98. The first-order chi connectivity index (χ1) is 10.4. The maximum atomic E-state index is 12.7. The van der Waals surface area contributed by atoms with E-state index in [1.165, 1.54) is 36.0 Å². The van der Waals surface area contributed by atoms with Crippen molar-refractivity contribution in [2.45, 2.75) is 64.8 Å². The Hall–Kier alpha value is -1.57. The van der Waals surface area contributed by atoms with E-state index in [2.05, 4.69) is 44.3 Å². The van der Waals surface area contributed by atoms with Crippen molar-refractivity contribution < 1.29 is 4.79 Å². The van der Waals surface area contributed by atoms with Crippen LogP contribution in [0.2, 0.25) is 0 Å². The summed E-state index contributed by atoms with van der Waals surface area (Å²) in [7, 11) is 0. The number of aryl methyl sites for hydroxylation is 1. The van der Waals surface area contributed by atoms with Crippen molar-refractivity contribution in [3.63, 3.8) is 0 Å². The monoisotopic (exact) mass is 297 g/mol. The molecule has 1 aliphatic carbocycles. The molecule has 0 aromatic heterocycles. The molecule has 0 spiro atoms. The van der Waals surface area contributed by atoms with Crippen molar-refractivity contribution in [2.75, 3.05) is 0 Å². The van der Waals surface area contributed by atoms with E-state index in [0.717, 1.165) is 25.0 Å². The first kappa shape index (κ1) is 15.3. The number of nitrogens with one attached hydrogen (secondary N) is 1. The molecule has 22 heavy (non-hydrogen) atoms. The zero-order valence-electron chi connectivity index (χ0n) is 14.0. The molecule has 1 fully saturated rings. The molecule has 1 heterocycles. The van der Waals surface area contributed by atoms with E-state index in [1.807, 2.05) is 6.08 Å². The highest BCUT2D eigenvalue weighted by Gasteiger charge is 2.29. The molecule has 1 aromatic carbocycles. The van der Waals surface area contributed by atoms with E-state index < -0.39 is 0 Å².